The number of rotatable bonds is 4. The summed E-state index contributed by atoms with van der Waals surface area (Å²) in [6.07, 6.45) is -4.30. The van der Waals surface area contributed by atoms with E-state index in [9.17, 15) is 13.2 Å². The highest BCUT2D eigenvalue weighted by atomic mass is 19.4. The highest BCUT2D eigenvalue weighted by Crippen LogP contribution is 2.20. The molecule has 0 bridgehead atoms. The number of ether oxygens (including phenoxy) is 1. The van der Waals surface area contributed by atoms with Gasteiger partial charge in [-0.3, -0.25) is 4.90 Å². The Morgan fingerprint density at radius 1 is 1.24 bits per heavy atom. The molecule has 1 saturated heterocycles. The number of nitrogens with one attached hydrogen (secondary N) is 1. The maximum Gasteiger partial charge on any atom is 0.422 e. The molecule has 1 aliphatic rings. The van der Waals surface area contributed by atoms with Crippen LogP contribution in [0.3, 0.4) is 0 Å². The molecule has 1 aromatic rings. The molecule has 1 aromatic carbocycles. The van der Waals surface area contributed by atoms with Gasteiger partial charge in [0.1, 0.15) is 5.75 Å². The molecule has 2 rings (SSSR count). The zero-order valence-electron chi connectivity index (χ0n) is 12.3. The van der Waals surface area contributed by atoms with E-state index in [-0.39, 0.29) is 5.75 Å². The summed E-state index contributed by atoms with van der Waals surface area (Å²) in [5.41, 5.74) is 1.08. The first-order valence-corrected chi connectivity index (χ1v) is 7.09. The van der Waals surface area contributed by atoms with E-state index in [1.165, 1.54) is 0 Å². The zero-order valence-corrected chi connectivity index (χ0v) is 12.3. The summed E-state index contributed by atoms with van der Waals surface area (Å²) < 4.78 is 40.9. The summed E-state index contributed by atoms with van der Waals surface area (Å²) in [5, 5.41) is 3.42. The van der Waals surface area contributed by atoms with Crippen LogP contribution in [0.25, 0.3) is 0 Å². The number of alkyl halides is 3. The lowest BCUT2D eigenvalue weighted by atomic mass is 10.1. The second-order valence-electron chi connectivity index (χ2n) is 5.64. The smallest absolute Gasteiger partial charge is 0.422 e. The third kappa shape index (κ3) is 5.21. The summed E-state index contributed by atoms with van der Waals surface area (Å²) in [7, 11) is 0. The number of benzene rings is 1. The topological polar surface area (TPSA) is 24.5 Å². The molecule has 0 saturated carbocycles. The van der Waals surface area contributed by atoms with Crippen LogP contribution in [0.2, 0.25) is 0 Å². The van der Waals surface area contributed by atoms with E-state index >= 15 is 0 Å². The van der Waals surface area contributed by atoms with Crippen LogP contribution in [0.15, 0.2) is 24.3 Å². The molecule has 3 nitrogen and oxygen atoms in total. The third-order valence-electron chi connectivity index (χ3n) is 3.60. The Bertz CT molecular complexity index is 447. The fraction of sp³-hybridized carbons (Fsp3) is 0.600. The second-order valence-corrected chi connectivity index (χ2v) is 5.64. The van der Waals surface area contributed by atoms with E-state index in [1.807, 2.05) is 12.1 Å². The van der Waals surface area contributed by atoms with Crippen LogP contribution >= 0.6 is 0 Å². The van der Waals surface area contributed by atoms with Crippen molar-refractivity contribution in [3.8, 4) is 5.75 Å². The summed E-state index contributed by atoms with van der Waals surface area (Å²) >= 11 is 0. The number of hydrogen-bond donors (Lipinski definition) is 1. The van der Waals surface area contributed by atoms with Crippen molar-refractivity contribution in [2.75, 3.05) is 19.7 Å². The summed E-state index contributed by atoms with van der Waals surface area (Å²) in [6, 6.07) is 7.74. The minimum atomic E-state index is -4.30. The first-order valence-electron chi connectivity index (χ1n) is 7.09. The molecule has 0 aromatic heterocycles. The Kier molecular flexibility index (Phi) is 5.11. The lowest BCUT2D eigenvalue weighted by molar-refractivity contribution is -0.153. The quantitative estimate of drug-likeness (QED) is 0.925. The molecule has 0 amide bonds. The van der Waals surface area contributed by atoms with Crippen LogP contribution in [0.4, 0.5) is 13.2 Å². The standard InChI is InChI=1S/C15H21F3N2O/c1-11-8-20(12(2)7-19-11)9-13-3-5-14(6-4-13)21-10-15(16,17)18/h3-6,11-12,19H,7-10H2,1-2H3. The van der Waals surface area contributed by atoms with Crippen LogP contribution in [-0.4, -0.2) is 42.9 Å². The van der Waals surface area contributed by atoms with Gasteiger partial charge in [0.2, 0.25) is 0 Å². The highest BCUT2D eigenvalue weighted by Gasteiger charge is 2.28. The van der Waals surface area contributed by atoms with Gasteiger partial charge in [0.15, 0.2) is 6.61 Å². The first kappa shape index (κ1) is 16.1. The zero-order chi connectivity index (χ0) is 15.5. The largest absolute Gasteiger partial charge is 0.484 e. The molecule has 2 atom stereocenters. The maximum atomic E-state index is 12.1. The van der Waals surface area contributed by atoms with Gasteiger partial charge in [-0.25, -0.2) is 0 Å². The van der Waals surface area contributed by atoms with Crippen LogP contribution in [0, 0.1) is 0 Å². The minimum Gasteiger partial charge on any atom is -0.484 e. The average Bonchev–Trinajstić information content (AvgIpc) is 2.41. The van der Waals surface area contributed by atoms with Gasteiger partial charge >= 0.3 is 6.18 Å². The fourth-order valence-electron chi connectivity index (χ4n) is 2.41. The van der Waals surface area contributed by atoms with Crippen LogP contribution in [-0.2, 0) is 6.54 Å². The Balaban J connectivity index is 1.90. The van der Waals surface area contributed by atoms with Crippen molar-refractivity contribution >= 4 is 0 Å². The first-order chi connectivity index (χ1) is 9.83. The summed E-state index contributed by atoms with van der Waals surface area (Å²) in [5.74, 6) is 0.248. The molecule has 2 unspecified atom stereocenters. The van der Waals surface area contributed by atoms with Crippen molar-refractivity contribution < 1.29 is 17.9 Å². The number of hydrogen-bond acceptors (Lipinski definition) is 3. The molecule has 6 heteroatoms. The Morgan fingerprint density at radius 2 is 1.90 bits per heavy atom. The van der Waals surface area contributed by atoms with Gasteiger partial charge in [0, 0.05) is 31.7 Å². The van der Waals surface area contributed by atoms with E-state index in [4.69, 9.17) is 4.74 Å². The molecular weight excluding hydrogens is 281 g/mol. The van der Waals surface area contributed by atoms with Crippen molar-refractivity contribution in [3.05, 3.63) is 29.8 Å². The van der Waals surface area contributed by atoms with Gasteiger partial charge in [-0.05, 0) is 31.5 Å². The molecule has 118 valence electrons. The molecule has 0 radical (unpaired) electrons. The average molecular weight is 302 g/mol. The van der Waals surface area contributed by atoms with E-state index in [0.717, 1.165) is 25.2 Å². The second kappa shape index (κ2) is 6.66. The SMILES string of the molecule is CC1CN(Cc2ccc(OCC(F)(F)F)cc2)C(C)CN1. The van der Waals surface area contributed by atoms with Crippen LogP contribution in [0.5, 0.6) is 5.75 Å². The van der Waals surface area contributed by atoms with Crippen molar-refractivity contribution in [1.82, 2.24) is 10.2 Å². The molecule has 1 fully saturated rings. The molecule has 21 heavy (non-hydrogen) atoms. The third-order valence-corrected chi connectivity index (χ3v) is 3.60. The highest BCUT2D eigenvalue weighted by molar-refractivity contribution is 5.27. The van der Waals surface area contributed by atoms with Crippen molar-refractivity contribution in [3.63, 3.8) is 0 Å². The molecule has 0 spiro atoms. The number of halogens is 3. The Hall–Kier alpha value is -1.27. The minimum absolute atomic E-state index is 0.248. The van der Waals surface area contributed by atoms with Gasteiger partial charge in [-0.15, -0.1) is 0 Å². The van der Waals surface area contributed by atoms with Gasteiger partial charge in [0.05, 0.1) is 0 Å². The van der Waals surface area contributed by atoms with E-state index in [2.05, 4.69) is 24.1 Å². The Morgan fingerprint density at radius 3 is 2.52 bits per heavy atom. The predicted molar refractivity (Wildman–Crippen MR) is 75.3 cm³/mol. The van der Waals surface area contributed by atoms with Gasteiger partial charge in [0.25, 0.3) is 0 Å². The van der Waals surface area contributed by atoms with Gasteiger partial charge in [-0.2, -0.15) is 13.2 Å². The summed E-state index contributed by atoms with van der Waals surface area (Å²) in [6.45, 7) is 5.78. The monoisotopic (exact) mass is 302 g/mol. The summed E-state index contributed by atoms with van der Waals surface area (Å²) in [4.78, 5) is 2.37. The predicted octanol–water partition coefficient (Wildman–Crippen LogP) is 2.81. The van der Waals surface area contributed by atoms with E-state index in [0.29, 0.717) is 12.1 Å². The lowest BCUT2D eigenvalue weighted by Crippen LogP contribution is -2.53. The fourth-order valence-corrected chi connectivity index (χ4v) is 2.41. The molecular formula is C15H21F3N2O. The normalized spacial score (nSPS) is 24.0. The molecule has 1 aliphatic heterocycles. The number of piperazine rings is 1. The van der Waals surface area contributed by atoms with Crippen LogP contribution in [0.1, 0.15) is 19.4 Å². The van der Waals surface area contributed by atoms with E-state index < -0.39 is 12.8 Å². The molecule has 1 heterocycles. The molecule has 1 N–H and O–H groups in total. The van der Waals surface area contributed by atoms with Crippen molar-refractivity contribution in [2.45, 2.75) is 38.7 Å². The number of nitrogens with zero attached hydrogens (tertiary/aromatic N) is 1. The van der Waals surface area contributed by atoms with Crippen molar-refractivity contribution in [1.29, 1.82) is 0 Å². The molecule has 0 aliphatic carbocycles. The van der Waals surface area contributed by atoms with Gasteiger partial charge < -0.3 is 10.1 Å². The van der Waals surface area contributed by atoms with Gasteiger partial charge in [-0.1, -0.05) is 12.1 Å². The van der Waals surface area contributed by atoms with E-state index in [1.54, 1.807) is 12.1 Å². The maximum absolute atomic E-state index is 12.1. The Labute approximate surface area is 123 Å². The van der Waals surface area contributed by atoms with Crippen LogP contribution < -0.4 is 10.1 Å². The lowest BCUT2D eigenvalue weighted by Gasteiger charge is -2.37. The van der Waals surface area contributed by atoms with Crippen molar-refractivity contribution in [2.24, 2.45) is 0 Å².